The van der Waals surface area contributed by atoms with Gasteiger partial charge in [0.05, 0.1) is 17.0 Å². The molecule has 1 aliphatic rings. The molecule has 0 spiro atoms. The zero-order valence-electron chi connectivity index (χ0n) is 13.7. The van der Waals surface area contributed by atoms with Crippen LogP contribution in [0.1, 0.15) is 29.2 Å². The number of hydrogen-bond donors (Lipinski definition) is 0. The fourth-order valence-electron chi connectivity index (χ4n) is 3.35. The van der Waals surface area contributed by atoms with Gasteiger partial charge in [-0.05, 0) is 35.2 Å². The Balaban J connectivity index is 1.73. The molecule has 0 amide bonds. The van der Waals surface area contributed by atoms with Gasteiger partial charge in [0.25, 0.3) is 0 Å². The second-order valence-electron chi connectivity index (χ2n) is 6.12. The first-order chi connectivity index (χ1) is 12.7. The number of nitrogens with zero attached hydrogens (tertiary/aromatic N) is 7. The fourth-order valence-corrected chi connectivity index (χ4v) is 3.73. The van der Waals surface area contributed by atoms with Crippen molar-refractivity contribution in [3.8, 4) is 0 Å². The van der Waals surface area contributed by atoms with Crippen LogP contribution < -0.4 is 0 Å². The molecule has 3 aromatic rings. The lowest BCUT2D eigenvalue weighted by molar-refractivity contribution is -0.118. The molecule has 0 bridgehead atoms. The Hall–Kier alpha value is -2.77. The van der Waals surface area contributed by atoms with Gasteiger partial charge >= 0.3 is 0 Å². The molecule has 130 valence electrons. The predicted octanol–water partition coefficient (Wildman–Crippen LogP) is 3.55. The largest absolute Gasteiger partial charge is 0.298 e. The zero-order chi connectivity index (χ0) is 18.1. The summed E-state index contributed by atoms with van der Waals surface area (Å²) in [4.78, 5) is 24.1. The van der Waals surface area contributed by atoms with Gasteiger partial charge in [-0.15, -0.1) is 0 Å². The number of halogens is 1. The van der Waals surface area contributed by atoms with Gasteiger partial charge < -0.3 is 0 Å². The monoisotopic (exact) mass is 411 g/mol. The Labute approximate surface area is 157 Å². The number of hydrogen-bond acceptors (Lipinski definition) is 5. The third-order valence-corrected chi connectivity index (χ3v) is 4.98. The van der Waals surface area contributed by atoms with Gasteiger partial charge in [0.1, 0.15) is 6.33 Å². The maximum absolute atomic E-state index is 12.7. The maximum Gasteiger partial charge on any atom is 0.184 e. The van der Waals surface area contributed by atoms with Gasteiger partial charge in [-0.1, -0.05) is 27.1 Å². The Morgan fingerprint density at radius 1 is 1.38 bits per heavy atom. The van der Waals surface area contributed by atoms with Gasteiger partial charge in [-0.3, -0.25) is 9.48 Å². The van der Waals surface area contributed by atoms with Crippen LogP contribution in [0.15, 0.2) is 40.3 Å². The third kappa shape index (κ3) is 2.95. The van der Waals surface area contributed by atoms with E-state index in [1.807, 2.05) is 24.4 Å². The quantitative estimate of drug-likeness (QED) is 0.276. The minimum absolute atomic E-state index is 0.134. The molecule has 26 heavy (non-hydrogen) atoms. The van der Waals surface area contributed by atoms with Crippen LogP contribution in [0.5, 0.6) is 0 Å². The van der Waals surface area contributed by atoms with Gasteiger partial charge in [0.15, 0.2) is 11.4 Å². The van der Waals surface area contributed by atoms with Crippen molar-refractivity contribution < 1.29 is 4.79 Å². The second-order valence-corrected chi connectivity index (χ2v) is 7.03. The number of carbonyl (C=O) groups is 1. The molecule has 1 aliphatic carbocycles. The summed E-state index contributed by atoms with van der Waals surface area (Å²) in [6, 6.07) is 5.92. The van der Waals surface area contributed by atoms with Gasteiger partial charge in [-0.2, -0.15) is 5.10 Å². The summed E-state index contributed by atoms with van der Waals surface area (Å²) in [6.45, 7) is 1.02. The van der Waals surface area contributed by atoms with E-state index in [-0.39, 0.29) is 5.78 Å². The molecule has 0 radical (unpaired) electrons. The summed E-state index contributed by atoms with van der Waals surface area (Å²) in [6.07, 6.45) is 4.42. The Kier molecular flexibility index (Phi) is 4.40. The maximum atomic E-state index is 12.7. The van der Waals surface area contributed by atoms with Crippen molar-refractivity contribution in [2.45, 2.75) is 25.3 Å². The highest BCUT2D eigenvalue weighted by Crippen LogP contribution is 2.38. The highest BCUT2D eigenvalue weighted by atomic mass is 79.9. The number of ketones is 1. The van der Waals surface area contributed by atoms with E-state index in [4.69, 9.17) is 5.53 Å². The molecule has 0 N–H and O–H groups in total. The van der Waals surface area contributed by atoms with Crippen LogP contribution in [0, 0.1) is 0 Å². The summed E-state index contributed by atoms with van der Waals surface area (Å²) in [5.41, 5.74) is 11.6. The molecule has 2 heterocycles. The van der Waals surface area contributed by atoms with Crippen molar-refractivity contribution in [3.63, 3.8) is 0 Å². The first-order valence-corrected chi connectivity index (χ1v) is 8.96. The van der Waals surface area contributed by atoms with Crippen molar-refractivity contribution in [1.82, 2.24) is 19.7 Å². The van der Waals surface area contributed by atoms with E-state index < -0.39 is 5.92 Å². The molecular formula is C17H14BrN7O. The van der Waals surface area contributed by atoms with Crippen molar-refractivity contribution in [3.05, 3.63) is 62.5 Å². The fraction of sp³-hybridized carbons (Fsp3) is 0.294. The number of azide groups is 1. The number of aromatic nitrogens is 4. The SMILES string of the molecule is [N-]=[N+]=NCCCn1cc2c(C3C(=O)Cc4ccc(Br)cc43)ncnc2n1. The number of carbonyl (C=O) groups excluding carboxylic acids is 1. The topological polar surface area (TPSA) is 109 Å². The smallest absolute Gasteiger partial charge is 0.184 e. The number of fused-ring (bicyclic) bond motifs is 2. The molecule has 1 atom stereocenters. The molecule has 4 rings (SSSR count). The molecule has 9 heteroatoms. The minimum Gasteiger partial charge on any atom is -0.298 e. The molecule has 0 saturated heterocycles. The highest BCUT2D eigenvalue weighted by Gasteiger charge is 2.34. The zero-order valence-corrected chi connectivity index (χ0v) is 15.3. The second kappa shape index (κ2) is 6.86. The van der Waals surface area contributed by atoms with Crippen LogP contribution >= 0.6 is 15.9 Å². The lowest BCUT2D eigenvalue weighted by atomic mass is 9.95. The molecule has 1 aromatic carbocycles. The van der Waals surface area contributed by atoms with Crippen LogP contribution in [0.3, 0.4) is 0 Å². The van der Waals surface area contributed by atoms with E-state index in [1.54, 1.807) is 4.68 Å². The summed E-state index contributed by atoms with van der Waals surface area (Å²) in [5.74, 6) is -0.261. The minimum atomic E-state index is -0.395. The van der Waals surface area contributed by atoms with E-state index >= 15 is 0 Å². The Bertz CT molecular complexity index is 1050. The van der Waals surface area contributed by atoms with E-state index in [1.165, 1.54) is 6.33 Å². The molecule has 0 fully saturated rings. The highest BCUT2D eigenvalue weighted by molar-refractivity contribution is 9.10. The molecule has 1 unspecified atom stereocenters. The first kappa shape index (κ1) is 16.7. The van der Waals surface area contributed by atoms with Crippen LogP contribution in [0.4, 0.5) is 0 Å². The normalized spacial score (nSPS) is 15.9. The van der Waals surface area contributed by atoms with Crippen molar-refractivity contribution in [2.24, 2.45) is 5.11 Å². The number of aryl methyl sites for hydroxylation is 1. The van der Waals surface area contributed by atoms with E-state index in [2.05, 4.69) is 41.0 Å². The van der Waals surface area contributed by atoms with E-state index in [9.17, 15) is 4.79 Å². The van der Waals surface area contributed by atoms with E-state index in [0.29, 0.717) is 37.3 Å². The summed E-state index contributed by atoms with van der Waals surface area (Å²) in [5, 5.41) is 8.76. The van der Waals surface area contributed by atoms with Crippen LogP contribution in [-0.2, 0) is 17.8 Å². The number of benzene rings is 1. The average Bonchev–Trinajstić information content (AvgIpc) is 3.18. The van der Waals surface area contributed by atoms with Crippen LogP contribution in [0.2, 0.25) is 0 Å². The molecule has 8 nitrogen and oxygen atoms in total. The van der Waals surface area contributed by atoms with Crippen LogP contribution in [0.25, 0.3) is 21.5 Å². The standard InChI is InChI=1S/C17H14BrN7O/c18-11-3-2-10-6-14(26)15(12(10)7-11)16-13-8-25(5-1-4-22-24-19)23-17(13)21-9-20-16/h2-3,7-9,15H,1,4-6H2. The van der Waals surface area contributed by atoms with Gasteiger partial charge in [-0.25, -0.2) is 9.97 Å². The summed E-state index contributed by atoms with van der Waals surface area (Å²) >= 11 is 3.49. The molecule has 0 saturated carbocycles. The average molecular weight is 412 g/mol. The summed E-state index contributed by atoms with van der Waals surface area (Å²) in [7, 11) is 0. The Morgan fingerprint density at radius 2 is 2.27 bits per heavy atom. The molecular weight excluding hydrogens is 398 g/mol. The van der Waals surface area contributed by atoms with Crippen molar-refractivity contribution >= 4 is 32.7 Å². The van der Waals surface area contributed by atoms with Crippen molar-refractivity contribution in [1.29, 1.82) is 0 Å². The van der Waals surface area contributed by atoms with Crippen molar-refractivity contribution in [2.75, 3.05) is 6.54 Å². The third-order valence-electron chi connectivity index (χ3n) is 4.48. The summed E-state index contributed by atoms with van der Waals surface area (Å²) < 4.78 is 2.70. The van der Waals surface area contributed by atoms with Gasteiger partial charge in [0.2, 0.25) is 0 Å². The van der Waals surface area contributed by atoms with Crippen LogP contribution in [-0.4, -0.2) is 32.1 Å². The Morgan fingerprint density at radius 3 is 3.12 bits per heavy atom. The van der Waals surface area contributed by atoms with Gasteiger partial charge in [0, 0.05) is 35.1 Å². The predicted molar refractivity (Wildman–Crippen MR) is 98.6 cm³/mol. The molecule has 0 aliphatic heterocycles. The lowest BCUT2D eigenvalue weighted by Crippen LogP contribution is -2.10. The number of rotatable bonds is 5. The van der Waals surface area contributed by atoms with E-state index in [0.717, 1.165) is 21.0 Å². The molecule has 2 aromatic heterocycles. The lowest BCUT2D eigenvalue weighted by Gasteiger charge is -2.10. The first-order valence-electron chi connectivity index (χ1n) is 8.17. The number of Topliss-reactive ketones (excluding diaryl/α,β-unsaturated/α-hetero) is 1.